The smallest absolute Gasteiger partial charge is 0.263 e. The predicted molar refractivity (Wildman–Crippen MR) is 77.1 cm³/mol. The zero-order valence-corrected chi connectivity index (χ0v) is 12.6. The monoisotopic (exact) mass is 301 g/mol. The number of nitrogens with zero attached hydrogens (tertiary/aromatic N) is 1. The van der Waals surface area contributed by atoms with Crippen LogP contribution in [0.5, 0.6) is 5.75 Å². The number of likely N-dealkylation sites (N-methyl/N-ethyl adjacent to an activating group) is 1. The Balaban J connectivity index is 2.53. The number of methoxy groups -OCH3 is 1. The molecular formula is C14H20ClNO4. The molecule has 112 valence electrons. The summed E-state index contributed by atoms with van der Waals surface area (Å²) in [5.74, 6) is 0.310. The van der Waals surface area contributed by atoms with Gasteiger partial charge in [-0.25, -0.2) is 0 Å². The molecule has 0 spiro atoms. The van der Waals surface area contributed by atoms with E-state index in [1.54, 1.807) is 38.2 Å². The summed E-state index contributed by atoms with van der Waals surface area (Å²) >= 11 is 5.85. The van der Waals surface area contributed by atoms with Crippen molar-refractivity contribution in [3.05, 3.63) is 29.3 Å². The molecule has 1 N–H and O–H groups in total. The van der Waals surface area contributed by atoms with Gasteiger partial charge in [-0.05, 0) is 25.1 Å². The van der Waals surface area contributed by atoms with E-state index in [0.717, 1.165) is 0 Å². The highest BCUT2D eigenvalue weighted by Crippen LogP contribution is 2.18. The van der Waals surface area contributed by atoms with Gasteiger partial charge in [-0.1, -0.05) is 17.7 Å². The predicted octanol–water partition coefficient (Wildman–Crippen LogP) is 1.57. The van der Waals surface area contributed by atoms with Gasteiger partial charge < -0.3 is 19.5 Å². The van der Waals surface area contributed by atoms with Gasteiger partial charge in [0.05, 0.1) is 12.7 Å². The first-order chi connectivity index (χ1) is 9.43. The van der Waals surface area contributed by atoms with Gasteiger partial charge in [-0.15, -0.1) is 0 Å². The summed E-state index contributed by atoms with van der Waals surface area (Å²) in [6.07, 6.45) is -1.37. The minimum atomic E-state index is -0.715. The van der Waals surface area contributed by atoms with Crippen LogP contribution in [0.3, 0.4) is 0 Å². The minimum absolute atomic E-state index is 0.182. The Morgan fingerprint density at radius 2 is 2.20 bits per heavy atom. The number of aliphatic hydroxyl groups excluding tert-OH is 1. The second-order valence-electron chi connectivity index (χ2n) is 4.55. The molecular weight excluding hydrogens is 282 g/mol. The largest absolute Gasteiger partial charge is 0.481 e. The molecule has 1 amide bonds. The zero-order valence-electron chi connectivity index (χ0n) is 11.9. The fraction of sp³-hybridized carbons (Fsp3) is 0.500. The van der Waals surface area contributed by atoms with E-state index in [9.17, 15) is 9.90 Å². The van der Waals surface area contributed by atoms with Crippen LogP contribution in [0, 0.1) is 0 Å². The normalized spacial score (nSPS) is 13.7. The Labute approximate surface area is 124 Å². The van der Waals surface area contributed by atoms with Crippen LogP contribution in [0.15, 0.2) is 24.3 Å². The molecule has 5 nitrogen and oxygen atoms in total. The van der Waals surface area contributed by atoms with E-state index in [4.69, 9.17) is 21.1 Å². The highest BCUT2D eigenvalue weighted by Gasteiger charge is 2.21. The summed E-state index contributed by atoms with van der Waals surface area (Å²) in [5.41, 5.74) is 0. The van der Waals surface area contributed by atoms with Gasteiger partial charge in [0.25, 0.3) is 5.91 Å². The standard InChI is InChI=1S/C14H20ClNO4/c1-10(20-13-6-4-5-11(15)7-13)14(18)16(2)8-12(17)9-19-3/h4-7,10,12,17H,8-9H2,1-3H3. The summed E-state index contributed by atoms with van der Waals surface area (Å²) in [7, 11) is 3.11. The Hall–Kier alpha value is -1.30. The van der Waals surface area contributed by atoms with Crippen LogP contribution >= 0.6 is 11.6 Å². The van der Waals surface area contributed by atoms with Crippen molar-refractivity contribution in [3.63, 3.8) is 0 Å². The molecule has 1 aromatic rings. The highest BCUT2D eigenvalue weighted by atomic mass is 35.5. The van der Waals surface area contributed by atoms with Gasteiger partial charge in [0.15, 0.2) is 6.10 Å². The van der Waals surface area contributed by atoms with E-state index in [-0.39, 0.29) is 19.1 Å². The van der Waals surface area contributed by atoms with Crippen molar-refractivity contribution in [2.75, 3.05) is 27.3 Å². The summed E-state index contributed by atoms with van der Waals surface area (Å²) < 4.78 is 10.4. The summed E-state index contributed by atoms with van der Waals surface area (Å²) in [6, 6.07) is 6.86. The summed E-state index contributed by atoms with van der Waals surface area (Å²) in [6.45, 7) is 2.03. The number of ether oxygens (including phenoxy) is 2. The molecule has 0 aliphatic rings. The molecule has 6 heteroatoms. The molecule has 2 unspecified atom stereocenters. The lowest BCUT2D eigenvalue weighted by atomic mass is 10.3. The number of carbonyl (C=O) groups is 1. The number of aliphatic hydroxyl groups is 1. The van der Waals surface area contributed by atoms with Crippen molar-refractivity contribution in [1.29, 1.82) is 0 Å². The average molecular weight is 302 g/mol. The van der Waals surface area contributed by atoms with Gasteiger partial charge in [-0.2, -0.15) is 0 Å². The van der Waals surface area contributed by atoms with E-state index < -0.39 is 12.2 Å². The minimum Gasteiger partial charge on any atom is -0.481 e. The van der Waals surface area contributed by atoms with Gasteiger partial charge >= 0.3 is 0 Å². The van der Waals surface area contributed by atoms with Crippen LogP contribution < -0.4 is 4.74 Å². The van der Waals surface area contributed by atoms with Crippen molar-refractivity contribution in [1.82, 2.24) is 4.90 Å². The summed E-state index contributed by atoms with van der Waals surface area (Å²) in [5, 5.41) is 10.1. The second kappa shape index (κ2) is 8.09. The Morgan fingerprint density at radius 1 is 1.50 bits per heavy atom. The number of carbonyl (C=O) groups excluding carboxylic acids is 1. The molecule has 2 atom stereocenters. The Bertz CT molecular complexity index is 441. The van der Waals surface area contributed by atoms with Crippen LogP contribution in [-0.4, -0.2) is 55.4 Å². The number of benzene rings is 1. The van der Waals surface area contributed by atoms with Crippen LogP contribution in [0.2, 0.25) is 5.02 Å². The maximum atomic E-state index is 12.1. The highest BCUT2D eigenvalue weighted by molar-refractivity contribution is 6.30. The van der Waals surface area contributed by atoms with E-state index in [1.807, 2.05) is 0 Å². The molecule has 1 rings (SSSR count). The number of rotatable bonds is 7. The van der Waals surface area contributed by atoms with Crippen molar-refractivity contribution in [3.8, 4) is 5.75 Å². The fourth-order valence-corrected chi connectivity index (χ4v) is 1.94. The molecule has 20 heavy (non-hydrogen) atoms. The second-order valence-corrected chi connectivity index (χ2v) is 4.98. The van der Waals surface area contributed by atoms with Crippen LogP contribution in [-0.2, 0) is 9.53 Å². The SMILES string of the molecule is COCC(O)CN(C)C(=O)C(C)Oc1cccc(Cl)c1. The molecule has 0 bridgehead atoms. The quantitative estimate of drug-likeness (QED) is 0.830. The molecule has 0 fully saturated rings. The van der Waals surface area contributed by atoms with E-state index in [2.05, 4.69) is 0 Å². The molecule has 0 aliphatic carbocycles. The van der Waals surface area contributed by atoms with Crippen LogP contribution in [0.25, 0.3) is 0 Å². The van der Waals surface area contributed by atoms with Gasteiger partial charge in [-0.3, -0.25) is 4.79 Å². The molecule has 0 radical (unpaired) electrons. The van der Waals surface area contributed by atoms with Crippen molar-refractivity contribution in [2.45, 2.75) is 19.1 Å². The molecule has 0 saturated heterocycles. The van der Waals surface area contributed by atoms with Gasteiger partial charge in [0.1, 0.15) is 5.75 Å². The fourth-order valence-electron chi connectivity index (χ4n) is 1.76. The average Bonchev–Trinajstić information content (AvgIpc) is 2.37. The molecule has 0 aromatic heterocycles. The third kappa shape index (κ3) is 5.36. The lowest BCUT2D eigenvalue weighted by molar-refractivity contribution is -0.138. The molecule has 0 saturated carbocycles. The Kier molecular flexibility index (Phi) is 6.78. The number of hydrogen-bond acceptors (Lipinski definition) is 4. The van der Waals surface area contributed by atoms with Gasteiger partial charge in [0.2, 0.25) is 0 Å². The zero-order chi connectivity index (χ0) is 15.1. The number of amides is 1. The van der Waals surface area contributed by atoms with E-state index >= 15 is 0 Å². The maximum Gasteiger partial charge on any atom is 0.263 e. The van der Waals surface area contributed by atoms with E-state index in [1.165, 1.54) is 12.0 Å². The maximum absolute atomic E-state index is 12.1. The van der Waals surface area contributed by atoms with Gasteiger partial charge in [0, 0.05) is 25.7 Å². The first kappa shape index (κ1) is 16.8. The van der Waals surface area contributed by atoms with Crippen molar-refractivity contribution in [2.24, 2.45) is 0 Å². The number of hydrogen-bond donors (Lipinski definition) is 1. The number of halogens is 1. The molecule has 1 aromatic carbocycles. The molecule has 0 aliphatic heterocycles. The van der Waals surface area contributed by atoms with Crippen molar-refractivity contribution >= 4 is 17.5 Å². The lowest BCUT2D eigenvalue weighted by Gasteiger charge is -2.24. The van der Waals surface area contributed by atoms with Crippen molar-refractivity contribution < 1.29 is 19.4 Å². The summed E-state index contributed by atoms with van der Waals surface area (Å²) in [4.78, 5) is 13.5. The third-order valence-corrected chi connectivity index (χ3v) is 2.91. The topological polar surface area (TPSA) is 59.0 Å². The molecule has 0 heterocycles. The Morgan fingerprint density at radius 3 is 2.80 bits per heavy atom. The van der Waals surface area contributed by atoms with E-state index in [0.29, 0.717) is 10.8 Å². The third-order valence-electron chi connectivity index (χ3n) is 2.68. The lowest BCUT2D eigenvalue weighted by Crippen LogP contribution is -2.42. The van der Waals surface area contributed by atoms with Crippen LogP contribution in [0.1, 0.15) is 6.92 Å². The first-order valence-corrected chi connectivity index (χ1v) is 6.66. The van der Waals surface area contributed by atoms with Crippen LogP contribution in [0.4, 0.5) is 0 Å². The first-order valence-electron chi connectivity index (χ1n) is 6.28.